The van der Waals surface area contributed by atoms with Gasteiger partial charge in [-0.1, -0.05) is 6.92 Å². The van der Waals surface area contributed by atoms with Crippen LogP contribution in [0.5, 0.6) is 17.4 Å². The fourth-order valence-electron chi connectivity index (χ4n) is 3.65. The molecular weight excluding hydrogens is 462 g/mol. The van der Waals surface area contributed by atoms with Crippen LogP contribution in [0.3, 0.4) is 0 Å². The molecule has 11 heteroatoms. The lowest BCUT2D eigenvalue weighted by molar-refractivity contribution is 0.184. The van der Waals surface area contributed by atoms with E-state index in [9.17, 15) is 9.46 Å². The molecule has 0 saturated heterocycles. The quantitative estimate of drug-likeness (QED) is 0.222. The van der Waals surface area contributed by atoms with Gasteiger partial charge in [0.1, 0.15) is 17.6 Å². The molecule has 2 N–H and O–H groups in total. The Labute approximate surface area is 196 Å². The van der Waals surface area contributed by atoms with Crippen molar-refractivity contribution >= 4 is 24.0 Å². The fraction of sp³-hybridized carbons (Fsp3) is 0.391. The molecule has 1 aromatic carbocycles. The minimum atomic E-state index is -3.66. The fourth-order valence-corrected chi connectivity index (χ4v) is 5.00. The molecule has 0 aliphatic rings. The zero-order valence-corrected chi connectivity index (χ0v) is 20.4. The van der Waals surface area contributed by atoms with Crippen LogP contribution in [-0.4, -0.2) is 43.3 Å². The maximum Gasteiger partial charge on any atom is 0.328 e. The number of nitrogens with zero attached hydrogens (tertiary/aromatic N) is 3. The van der Waals surface area contributed by atoms with Crippen LogP contribution in [-0.2, 0) is 9.09 Å². The number of fused-ring (bicyclic) bond motifs is 2. The van der Waals surface area contributed by atoms with E-state index in [1.54, 1.807) is 35.8 Å². The van der Waals surface area contributed by atoms with E-state index in [0.717, 1.165) is 5.69 Å². The number of rotatable bonds is 10. The van der Waals surface area contributed by atoms with Crippen molar-refractivity contribution in [3.05, 3.63) is 47.8 Å². The standard InChI is InChI=1S/C23H28FN4O5P/c1-5-15(3)33-34(29,30)10-6-9-31-20-12-28-22(16(20)4)23(25-13-26-28)32-19-8-7-18-17(21(19)24)11-14(2)27-18/h7-8,11-13,15,27H,5-6,9-10H2,1-4H3,(H,29,30). The Morgan fingerprint density at radius 3 is 2.85 bits per heavy atom. The van der Waals surface area contributed by atoms with Gasteiger partial charge in [0, 0.05) is 22.2 Å². The average molecular weight is 490 g/mol. The lowest BCUT2D eigenvalue weighted by Crippen LogP contribution is -2.08. The molecule has 0 saturated carbocycles. The van der Waals surface area contributed by atoms with Crippen molar-refractivity contribution in [2.75, 3.05) is 12.8 Å². The lowest BCUT2D eigenvalue weighted by atomic mass is 10.2. The number of aromatic nitrogens is 4. The zero-order chi connectivity index (χ0) is 24.5. The smallest absolute Gasteiger partial charge is 0.328 e. The van der Waals surface area contributed by atoms with Crippen molar-refractivity contribution < 1.29 is 27.8 Å². The second-order valence-corrected chi connectivity index (χ2v) is 10.2. The maximum atomic E-state index is 15.0. The van der Waals surface area contributed by atoms with E-state index in [1.807, 2.05) is 20.8 Å². The largest absolute Gasteiger partial charge is 0.492 e. The van der Waals surface area contributed by atoms with E-state index >= 15 is 4.39 Å². The molecular formula is C23H28FN4O5P. The number of hydrogen-bond acceptors (Lipinski definition) is 6. The Balaban J connectivity index is 1.49. The molecule has 2 atom stereocenters. The Kier molecular flexibility index (Phi) is 6.93. The van der Waals surface area contributed by atoms with Gasteiger partial charge in [0.05, 0.1) is 25.1 Å². The summed E-state index contributed by atoms with van der Waals surface area (Å²) in [4.78, 5) is 17.2. The average Bonchev–Trinajstić information content (AvgIpc) is 3.33. The van der Waals surface area contributed by atoms with Gasteiger partial charge in [0.25, 0.3) is 0 Å². The monoisotopic (exact) mass is 490 g/mol. The van der Waals surface area contributed by atoms with Crippen LogP contribution < -0.4 is 9.47 Å². The van der Waals surface area contributed by atoms with Crippen LogP contribution in [0.2, 0.25) is 0 Å². The second kappa shape index (κ2) is 9.74. The first kappa shape index (κ1) is 24.2. The van der Waals surface area contributed by atoms with E-state index < -0.39 is 13.4 Å². The van der Waals surface area contributed by atoms with E-state index in [2.05, 4.69) is 15.1 Å². The Morgan fingerprint density at radius 1 is 1.29 bits per heavy atom. The van der Waals surface area contributed by atoms with Gasteiger partial charge in [-0.2, -0.15) is 10.1 Å². The number of ether oxygens (including phenoxy) is 2. The van der Waals surface area contributed by atoms with Gasteiger partial charge in [0.2, 0.25) is 5.88 Å². The molecule has 182 valence electrons. The zero-order valence-electron chi connectivity index (χ0n) is 19.5. The molecule has 0 aliphatic heterocycles. The van der Waals surface area contributed by atoms with E-state index in [-0.39, 0.29) is 30.5 Å². The summed E-state index contributed by atoms with van der Waals surface area (Å²) >= 11 is 0. The van der Waals surface area contributed by atoms with Crippen molar-refractivity contribution in [1.82, 2.24) is 19.6 Å². The number of nitrogens with one attached hydrogen (secondary N) is 1. The van der Waals surface area contributed by atoms with Crippen LogP contribution in [0, 0.1) is 19.7 Å². The van der Waals surface area contributed by atoms with E-state index in [1.165, 1.54) is 6.33 Å². The Hall–Kier alpha value is -2.94. The molecule has 3 heterocycles. The molecule has 0 amide bonds. The molecule has 0 spiro atoms. The third-order valence-electron chi connectivity index (χ3n) is 5.55. The van der Waals surface area contributed by atoms with Crippen LogP contribution in [0.4, 0.5) is 4.39 Å². The summed E-state index contributed by atoms with van der Waals surface area (Å²) in [7, 11) is -3.66. The highest BCUT2D eigenvalue weighted by Gasteiger charge is 2.22. The third kappa shape index (κ3) is 5.09. The van der Waals surface area contributed by atoms with Gasteiger partial charge in [-0.3, -0.25) is 4.57 Å². The topological polar surface area (TPSA) is 111 Å². The first-order valence-corrected chi connectivity index (χ1v) is 12.9. The highest BCUT2D eigenvalue weighted by Crippen LogP contribution is 2.44. The third-order valence-corrected chi connectivity index (χ3v) is 7.12. The van der Waals surface area contributed by atoms with Crippen LogP contribution in [0.25, 0.3) is 16.4 Å². The van der Waals surface area contributed by atoms with Crippen molar-refractivity contribution in [2.24, 2.45) is 0 Å². The van der Waals surface area contributed by atoms with E-state index in [0.29, 0.717) is 40.6 Å². The minimum Gasteiger partial charge on any atom is -0.492 e. The second-order valence-electron chi connectivity index (χ2n) is 8.26. The molecule has 0 fully saturated rings. The molecule has 0 aliphatic carbocycles. The number of aryl methyl sites for hydroxylation is 2. The molecule has 4 aromatic rings. The van der Waals surface area contributed by atoms with Crippen LogP contribution in [0.1, 0.15) is 37.9 Å². The summed E-state index contributed by atoms with van der Waals surface area (Å²) in [5, 5.41) is 4.63. The van der Waals surface area contributed by atoms with Crippen molar-refractivity contribution in [3.63, 3.8) is 0 Å². The number of hydrogen-bond donors (Lipinski definition) is 2. The van der Waals surface area contributed by atoms with Gasteiger partial charge in [-0.05, 0) is 51.8 Å². The predicted molar refractivity (Wildman–Crippen MR) is 126 cm³/mol. The molecule has 9 nitrogen and oxygen atoms in total. The summed E-state index contributed by atoms with van der Waals surface area (Å²) in [6.45, 7) is 7.55. The van der Waals surface area contributed by atoms with Gasteiger partial charge in [0.15, 0.2) is 11.6 Å². The van der Waals surface area contributed by atoms with Crippen LogP contribution in [0.15, 0.2) is 30.7 Å². The van der Waals surface area contributed by atoms with Gasteiger partial charge in [-0.15, -0.1) is 0 Å². The summed E-state index contributed by atoms with van der Waals surface area (Å²) in [5.74, 6) is 0.287. The molecule has 2 unspecified atom stereocenters. The summed E-state index contributed by atoms with van der Waals surface area (Å²) < 4.78 is 45.6. The van der Waals surface area contributed by atoms with Crippen LogP contribution >= 0.6 is 7.60 Å². The Bertz CT molecular complexity index is 1370. The van der Waals surface area contributed by atoms with Gasteiger partial charge < -0.3 is 23.9 Å². The van der Waals surface area contributed by atoms with Gasteiger partial charge in [-0.25, -0.2) is 8.91 Å². The highest BCUT2D eigenvalue weighted by atomic mass is 31.2. The number of benzene rings is 1. The SMILES string of the molecule is CCC(C)OP(=O)(O)CCCOc1cn2ncnc(Oc3ccc4[nH]c(C)cc4c3F)c2c1C. The Morgan fingerprint density at radius 2 is 2.09 bits per heavy atom. The molecule has 3 aromatic heterocycles. The predicted octanol–water partition coefficient (Wildman–Crippen LogP) is 5.53. The molecule has 4 rings (SSSR count). The first-order valence-electron chi connectivity index (χ1n) is 11.1. The van der Waals surface area contributed by atoms with Crippen molar-refractivity contribution in [1.29, 1.82) is 0 Å². The van der Waals surface area contributed by atoms with Crippen molar-refractivity contribution in [3.8, 4) is 17.4 Å². The molecule has 0 radical (unpaired) electrons. The minimum absolute atomic E-state index is 0.00168. The number of aromatic amines is 1. The van der Waals surface area contributed by atoms with Gasteiger partial charge >= 0.3 is 7.60 Å². The summed E-state index contributed by atoms with van der Waals surface area (Å²) in [5.41, 5.74) is 2.78. The summed E-state index contributed by atoms with van der Waals surface area (Å²) in [6.07, 6.45) is 3.70. The lowest BCUT2D eigenvalue weighted by Gasteiger charge is -2.16. The molecule has 0 bridgehead atoms. The molecule has 34 heavy (non-hydrogen) atoms. The summed E-state index contributed by atoms with van der Waals surface area (Å²) in [6, 6.07) is 5.03. The van der Waals surface area contributed by atoms with E-state index in [4.69, 9.17) is 14.0 Å². The normalized spacial score (nSPS) is 14.4. The number of H-pyrrole nitrogens is 1. The maximum absolute atomic E-state index is 15.0. The highest BCUT2D eigenvalue weighted by molar-refractivity contribution is 7.52. The first-order chi connectivity index (χ1) is 16.2. The van der Waals surface area contributed by atoms with Crippen molar-refractivity contribution in [2.45, 2.75) is 46.6 Å². The number of halogens is 1.